The van der Waals surface area contributed by atoms with Crippen molar-refractivity contribution in [2.45, 2.75) is 38.5 Å². The molecule has 1 aromatic heterocycles. The SMILES string of the molecule is c1ccc(-n2cc3c(n2)CCCCCC3)cc1. The summed E-state index contributed by atoms with van der Waals surface area (Å²) in [7, 11) is 0. The Labute approximate surface area is 102 Å². The first-order valence-corrected chi connectivity index (χ1v) is 6.56. The second-order valence-electron chi connectivity index (χ2n) is 4.80. The van der Waals surface area contributed by atoms with Gasteiger partial charge in [0.2, 0.25) is 0 Å². The maximum atomic E-state index is 4.74. The largest absolute Gasteiger partial charge is 0.240 e. The van der Waals surface area contributed by atoms with Gasteiger partial charge >= 0.3 is 0 Å². The number of aryl methyl sites for hydroxylation is 2. The number of aromatic nitrogens is 2. The number of para-hydroxylation sites is 1. The zero-order valence-electron chi connectivity index (χ0n) is 10.1. The van der Waals surface area contributed by atoms with E-state index in [2.05, 4.69) is 30.5 Å². The lowest BCUT2D eigenvalue weighted by atomic mass is 9.99. The molecule has 0 atom stereocenters. The van der Waals surface area contributed by atoms with Gasteiger partial charge in [-0.3, -0.25) is 0 Å². The first-order valence-electron chi connectivity index (χ1n) is 6.56. The molecule has 2 nitrogen and oxygen atoms in total. The van der Waals surface area contributed by atoms with Gasteiger partial charge in [0.15, 0.2) is 0 Å². The maximum absolute atomic E-state index is 4.74. The summed E-state index contributed by atoms with van der Waals surface area (Å²) >= 11 is 0. The molecule has 3 rings (SSSR count). The predicted molar refractivity (Wildman–Crippen MR) is 69.4 cm³/mol. The van der Waals surface area contributed by atoms with Gasteiger partial charge in [-0.15, -0.1) is 0 Å². The van der Waals surface area contributed by atoms with Gasteiger partial charge in [-0.05, 0) is 43.4 Å². The molecule has 88 valence electrons. The summed E-state index contributed by atoms with van der Waals surface area (Å²) in [5.41, 5.74) is 3.93. The molecule has 0 unspecified atom stereocenters. The number of rotatable bonds is 1. The van der Waals surface area contributed by atoms with E-state index >= 15 is 0 Å². The van der Waals surface area contributed by atoms with Crippen LogP contribution in [0.2, 0.25) is 0 Å². The minimum absolute atomic E-state index is 1.15. The number of hydrogen-bond acceptors (Lipinski definition) is 1. The molecule has 17 heavy (non-hydrogen) atoms. The molecule has 0 fully saturated rings. The molecule has 0 spiro atoms. The summed E-state index contributed by atoms with van der Waals surface area (Å²) in [5.74, 6) is 0. The van der Waals surface area contributed by atoms with Crippen LogP contribution in [0, 0.1) is 0 Å². The van der Waals surface area contributed by atoms with Crippen LogP contribution in [-0.2, 0) is 12.8 Å². The molecular weight excluding hydrogens is 208 g/mol. The minimum Gasteiger partial charge on any atom is -0.240 e. The molecular formula is C15H18N2. The molecule has 0 N–H and O–H groups in total. The second-order valence-corrected chi connectivity index (χ2v) is 4.80. The topological polar surface area (TPSA) is 17.8 Å². The van der Waals surface area contributed by atoms with Crippen molar-refractivity contribution >= 4 is 0 Å². The number of fused-ring (bicyclic) bond motifs is 1. The van der Waals surface area contributed by atoms with Crippen molar-refractivity contribution in [1.29, 1.82) is 0 Å². The summed E-state index contributed by atoms with van der Waals surface area (Å²) in [6, 6.07) is 10.4. The molecule has 0 radical (unpaired) electrons. The van der Waals surface area contributed by atoms with Crippen molar-refractivity contribution < 1.29 is 0 Å². The Kier molecular flexibility index (Phi) is 2.95. The fourth-order valence-electron chi connectivity index (χ4n) is 2.54. The first kappa shape index (κ1) is 10.6. The second kappa shape index (κ2) is 4.74. The van der Waals surface area contributed by atoms with E-state index < -0.39 is 0 Å². The first-order chi connectivity index (χ1) is 8.43. The lowest BCUT2D eigenvalue weighted by Crippen LogP contribution is -1.98. The normalized spacial score (nSPS) is 16.0. The fourth-order valence-corrected chi connectivity index (χ4v) is 2.54. The van der Waals surface area contributed by atoms with Crippen LogP contribution < -0.4 is 0 Å². The summed E-state index contributed by atoms with van der Waals surface area (Å²) < 4.78 is 2.04. The van der Waals surface area contributed by atoms with Gasteiger partial charge in [-0.1, -0.05) is 31.0 Å². The van der Waals surface area contributed by atoms with Crippen LogP contribution in [0.5, 0.6) is 0 Å². The van der Waals surface area contributed by atoms with E-state index in [1.165, 1.54) is 49.0 Å². The van der Waals surface area contributed by atoms with E-state index in [-0.39, 0.29) is 0 Å². The molecule has 2 heteroatoms. The van der Waals surface area contributed by atoms with Gasteiger partial charge in [0.25, 0.3) is 0 Å². The molecule has 0 saturated heterocycles. The summed E-state index contributed by atoms with van der Waals surface area (Å²) in [4.78, 5) is 0. The summed E-state index contributed by atoms with van der Waals surface area (Å²) in [5, 5.41) is 4.74. The van der Waals surface area contributed by atoms with E-state index in [0.717, 1.165) is 6.42 Å². The van der Waals surface area contributed by atoms with E-state index in [9.17, 15) is 0 Å². The smallest absolute Gasteiger partial charge is 0.0660 e. The number of hydrogen-bond donors (Lipinski definition) is 0. The van der Waals surface area contributed by atoms with Crippen LogP contribution in [0.15, 0.2) is 36.5 Å². The molecule has 1 aromatic carbocycles. The zero-order valence-corrected chi connectivity index (χ0v) is 10.1. The number of benzene rings is 1. The van der Waals surface area contributed by atoms with Crippen molar-refractivity contribution in [2.75, 3.05) is 0 Å². The van der Waals surface area contributed by atoms with Crippen LogP contribution in [0.4, 0.5) is 0 Å². The Balaban J connectivity index is 1.95. The highest BCUT2D eigenvalue weighted by Gasteiger charge is 2.11. The summed E-state index contributed by atoms with van der Waals surface area (Å²) in [6.07, 6.45) is 9.90. The fraction of sp³-hybridized carbons (Fsp3) is 0.400. The molecule has 0 amide bonds. The van der Waals surface area contributed by atoms with Gasteiger partial charge in [-0.2, -0.15) is 5.10 Å². The van der Waals surface area contributed by atoms with Crippen LogP contribution in [0.3, 0.4) is 0 Å². The van der Waals surface area contributed by atoms with Gasteiger partial charge in [0.05, 0.1) is 11.4 Å². The van der Waals surface area contributed by atoms with Gasteiger partial charge in [0.1, 0.15) is 0 Å². The average molecular weight is 226 g/mol. The van der Waals surface area contributed by atoms with E-state index in [1.54, 1.807) is 0 Å². The Morgan fingerprint density at radius 1 is 0.882 bits per heavy atom. The number of nitrogens with zero attached hydrogens (tertiary/aromatic N) is 2. The van der Waals surface area contributed by atoms with Crippen LogP contribution in [0.1, 0.15) is 36.9 Å². The van der Waals surface area contributed by atoms with Gasteiger partial charge in [-0.25, -0.2) is 4.68 Å². The highest BCUT2D eigenvalue weighted by molar-refractivity contribution is 5.33. The van der Waals surface area contributed by atoms with Gasteiger partial charge < -0.3 is 0 Å². The maximum Gasteiger partial charge on any atom is 0.0660 e. The molecule has 1 heterocycles. The molecule has 0 aliphatic heterocycles. The highest BCUT2D eigenvalue weighted by Crippen LogP contribution is 2.20. The third-order valence-corrected chi connectivity index (χ3v) is 3.51. The Bertz CT molecular complexity index is 459. The zero-order chi connectivity index (χ0) is 11.5. The molecule has 1 aliphatic rings. The summed E-state index contributed by atoms with van der Waals surface area (Å²) in [6.45, 7) is 0. The van der Waals surface area contributed by atoms with Crippen molar-refractivity contribution in [3.8, 4) is 5.69 Å². The lowest BCUT2D eigenvalue weighted by Gasteiger charge is -2.06. The standard InChI is InChI=1S/C15H18N2/c1-2-7-11-15-13(8-4-1)12-17(16-15)14-9-5-3-6-10-14/h3,5-6,9-10,12H,1-2,4,7-8,11H2. The van der Waals surface area contributed by atoms with E-state index in [1.807, 2.05) is 10.7 Å². The molecule has 2 aromatic rings. The Hall–Kier alpha value is -1.57. The van der Waals surface area contributed by atoms with Gasteiger partial charge in [0, 0.05) is 6.20 Å². The minimum atomic E-state index is 1.15. The van der Waals surface area contributed by atoms with Crippen molar-refractivity contribution in [2.24, 2.45) is 0 Å². The monoisotopic (exact) mass is 226 g/mol. The van der Waals surface area contributed by atoms with Crippen molar-refractivity contribution in [1.82, 2.24) is 9.78 Å². The van der Waals surface area contributed by atoms with Crippen LogP contribution in [0.25, 0.3) is 5.69 Å². The molecule has 1 aliphatic carbocycles. The molecule has 0 bridgehead atoms. The lowest BCUT2D eigenvalue weighted by molar-refractivity contribution is 0.611. The third-order valence-electron chi connectivity index (χ3n) is 3.51. The molecule has 0 saturated carbocycles. The average Bonchev–Trinajstić information content (AvgIpc) is 2.73. The Morgan fingerprint density at radius 2 is 1.65 bits per heavy atom. The van der Waals surface area contributed by atoms with E-state index in [4.69, 9.17) is 5.10 Å². The van der Waals surface area contributed by atoms with E-state index in [0.29, 0.717) is 0 Å². The third kappa shape index (κ3) is 2.26. The quantitative estimate of drug-likeness (QED) is 0.727. The predicted octanol–water partition coefficient (Wildman–Crippen LogP) is 3.53. The van der Waals surface area contributed by atoms with Crippen LogP contribution in [-0.4, -0.2) is 9.78 Å². The van der Waals surface area contributed by atoms with Crippen molar-refractivity contribution in [3.05, 3.63) is 47.8 Å². The Morgan fingerprint density at radius 3 is 2.47 bits per heavy atom. The van der Waals surface area contributed by atoms with Crippen molar-refractivity contribution in [3.63, 3.8) is 0 Å². The van der Waals surface area contributed by atoms with Crippen LogP contribution >= 0.6 is 0 Å². The highest BCUT2D eigenvalue weighted by atomic mass is 15.3.